The average Bonchev–Trinajstić information content (AvgIpc) is 3.03. The van der Waals surface area contributed by atoms with Gasteiger partial charge in [-0.1, -0.05) is 11.2 Å². The molecule has 0 aromatic carbocycles. The standard InChI is InChI=1S/C15H21N5O/c1-19(2)14-4-3-12(9-16-14)10-20-7-5-13(6-8-20)15-17-11-21-18-15/h3-4,9,11,13H,5-8,10H2,1-2H3. The molecule has 3 rings (SSSR count). The summed E-state index contributed by atoms with van der Waals surface area (Å²) in [5, 5.41) is 3.96. The second-order valence-electron chi connectivity index (χ2n) is 5.76. The van der Waals surface area contributed by atoms with Gasteiger partial charge in [0.1, 0.15) is 5.82 Å². The van der Waals surface area contributed by atoms with E-state index in [4.69, 9.17) is 4.52 Å². The number of rotatable bonds is 4. The van der Waals surface area contributed by atoms with Crippen molar-refractivity contribution in [2.24, 2.45) is 0 Å². The highest BCUT2D eigenvalue weighted by molar-refractivity contribution is 5.37. The number of aromatic nitrogens is 3. The van der Waals surface area contributed by atoms with Crippen LogP contribution in [0, 0.1) is 0 Å². The number of nitrogens with zero attached hydrogens (tertiary/aromatic N) is 5. The van der Waals surface area contributed by atoms with Crippen molar-refractivity contribution in [3.63, 3.8) is 0 Å². The van der Waals surface area contributed by atoms with Crippen LogP contribution in [0.5, 0.6) is 0 Å². The highest BCUT2D eigenvalue weighted by atomic mass is 16.5. The maximum atomic E-state index is 4.83. The van der Waals surface area contributed by atoms with Crippen molar-refractivity contribution in [2.75, 3.05) is 32.1 Å². The first-order chi connectivity index (χ1) is 10.2. The Morgan fingerprint density at radius 2 is 2.05 bits per heavy atom. The first kappa shape index (κ1) is 14.0. The summed E-state index contributed by atoms with van der Waals surface area (Å²) in [6.07, 6.45) is 5.56. The lowest BCUT2D eigenvalue weighted by Crippen LogP contribution is -2.32. The fraction of sp³-hybridized carbons (Fsp3) is 0.533. The molecule has 21 heavy (non-hydrogen) atoms. The lowest BCUT2D eigenvalue weighted by atomic mass is 9.96. The normalized spacial score (nSPS) is 17.0. The summed E-state index contributed by atoms with van der Waals surface area (Å²) in [5.41, 5.74) is 1.26. The van der Waals surface area contributed by atoms with Gasteiger partial charge in [-0.05, 0) is 37.6 Å². The number of pyridine rings is 1. The Kier molecular flexibility index (Phi) is 4.15. The Morgan fingerprint density at radius 1 is 1.24 bits per heavy atom. The van der Waals surface area contributed by atoms with Crippen molar-refractivity contribution in [2.45, 2.75) is 25.3 Å². The molecule has 0 N–H and O–H groups in total. The second kappa shape index (κ2) is 6.22. The van der Waals surface area contributed by atoms with Gasteiger partial charge < -0.3 is 9.42 Å². The lowest BCUT2D eigenvalue weighted by Gasteiger charge is -2.30. The summed E-state index contributed by atoms with van der Waals surface area (Å²) >= 11 is 0. The van der Waals surface area contributed by atoms with Gasteiger partial charge in [-0.25, -0.2) is 4.98 Å². The summed E-state index contributed by atoms with van der Waals surface area (Å²) in [6.45, 7) is 3.09. The SMILES string of the molecule is CN(C)c1ccc(CN2CCC(c3ncon3)CC2)cn1. The van der Waals surface area contributed by atoms with Crippen molar-refractivity contribution in [1.82, 2.24) is 20.0 Å². The van der Waals surface area contributed by atoms with E-state index in [0.717, 1.165) is 44.1 Å². The van der Waals surface area contributed by atoms with Crippen LogP contribution in [0.1, 0.15) is 30.1 Å². The molecule has 112 valence electrons. The molecule has 1 aliphatic heterocycles. The van der Waals surface area contributed by atoms with Gasteiger partial charge in [-0.15, -0.1) is 0 Å². The Hall–Kier alpha value is -1.95. The minimum atomic E-state index is 0.439. The molecule has 2 aromatic heterocycles. The Balaban J connectivity index is 1.53. The first-order valence-corrected chi connectivity index (χ1v) is 7.33. The molecular weight excluding hydrogens is 266 g/mol. The highest BCUT2D eigenvalue weighted by Crippen LogP contribution is 2.26. The molecule has 6 heteroatoms. The first-order valence-electron chi connectivity index (χ1n) is 7.33. The molecule has 0 radical (unpaired) electrons. The summed E-state index contributed by atoms with van der Waals surface area (Å²) in [4.78, 5) is 13.1. The zero-order valence-electron chi connectivity index (χ0n) is 12.6. The monoisotopic (exact) mass is 287 g/mol. The molecule has 6 nitrogen and oxygen atoms in total. The summed E-state index contributed by atoms with van der Waals surface area (Å²) in [7, 11) is 4.01. The molecular formula is C15H21N5O. The van der Waals surface area contributed by atoms with Crippen molar-refractivity contribution in [3.05, 3.63) is 36.1 Å². The number of hydrogen-bond donors (Lipinski definition) is 0. The zero-order chi connectivity index (χ0) is 14.7. The van der Waals surface area contributed by atoms with Crippen molar-refractivity contribution in [3.8, 4) is 0 Å². The van der Waals surface area contributed by atoms with E-state index in [1.165, 1.54) is 12.0 Å². The maximum Gasteiger partial charge on any atom is 0.213 e. The van der Waals surface area contributed by atoms with Gasteiger partial charge in [-0.3, -0.25) is 4.90 Å². The quantitative estimate of drug-likeness (QED) is 0.856. The van der Waals surface area contributed by atoms with Crippen LogP contribution >= 0.6 is 0 Å². The van der Waals surface area contributed by atoms with Crippen LogP contribution in [0.4, 0.5) is 5.82 Å². The Bertz CT molecular complexity index is 544. The van der Waals surface area contributed by atoms with Gasteiger partial charge in [-0.2, -0.15) is 4.98 Å². The van der Waals surface area contributed by atoms with E-state index in [2.05, 4.69) is 32.2 Å². The Morgan fingerprint density at radius 3 is 2.62 bits per heavy atom. The van der Waals surface area contributed by atoms with E-state index in [1.807, 2.05) is 25.2 Å². The predicted octanol–water partition coefficient (Wildman–Crippen LogP) is 1.91. The fourth-order valence-electron chi connectivity index (χ4n) is 2.74. The van der Waals surface area contributed by atoms with E-state index in [-0.39, 0.29) is 0 Å². The number of piperidine rings is 1. The summed E-state index contributed by atoms with van der Waals surface area (Å²) in [5.74, 6) is 2.29. The van der Waals surface area contributed by atoms with Gasteiger partial charge >= 0.3 is 0 Å². The third kappa shape index (κ3) is 3.39. The van der Waals surface area contributed by atoms with Crippen LogP contribution in [0.15, 0.2) is 29.2 Å². The minimum Gasteiger partial charge on any atom is -0.363 e. The molecule has 0 saturated carbocycles. The molecule has 0 amide bonds. The molecule has 3 heterocycles. The van der Waals surface area contributed by atoms with E-state index >= 15 is 0 Å². The second-order valence-corrected chi connectivity index (χ2v) is 5.76. The largest absolute Gasteiger partial charge is 0.363 e. The van der Waals surface area contributed by atoms with E-state index in [9.17, 15) is 0 Å². The molecule has 0 atom stereocenters. The minimum absolute atomic E-state index is 0.439. The third-order valence-corrected chi connectivity index (χ3v) is 4.00. The van der Waals surface area contributed by atoms with Gasteiger partial charge in [0.25, 0.3) is 0 Å². The van der Waals surface area contributed by atoms with Crippen molar-refractivity contribution in [1.29, 1.82) is 0 Å². The molecule has 0 aliphatic carbocycles. The maximum absolute atomic E-state index is 4.83. The molecule has 1 aliphatic rings. The third-order valence-electron chi connectivity index (χ3n) is 4.00. The molecule has 0 unspecified atom stereocenters. The molecule has 1 saturated heterocycles. The lowest BCUT2D eigenvalue weighted by molar-refractivity contribution is 0.200. The van der Waals surface area contributed by atoms with Crippen molar-refractivity contribution >= 4 is 5.82 Å². The van der Waals surface area contributed by atoms with Crippen LogP contribution in [0.25, 0.3) is 0 Å². The van der Waals surface area contributed by atoms with E-state index in [1.54, 1.807) is 0 Å². The predicted molar refractivity (Wildman–Crippen MR) is 80.1 cm³/mol. The molecule has 0 spiro atoms. The average molecular weight is 287 g/mol. The van der Waals surface area contributed by atoms with Gasteiger partial charge in [0.05, 0.1) is 0 Å². The van der Waals surface area contributed by atoms with Gasteiger partial charge in [0, 0.05) is 32.8 Å². The van der Waals surface area contributed by atoms with Gasteiger partial charge in [0.15, 0.2) is 5.82 Å². The molecule has 0 bridgehead atoms. The van der Waals surface area contributed by atoms with Gasteiger partial charge in [0.2, 0.25) is 6.39 Å². The summed E-state index contributed by atoms with van der Waals surface area (Å²) < 4.78 is 4.83. The van der Waals surface area contributed by atoms with E-state index < -0.39 is 0 Å². The number of anilines is 1. The van der Waals surface area contributed by atoms with Crippen molar-refractivity contribution < 1.29 is 4.52 Å². The number of hydrogen-bond acceptors (Lipinski definition) is 6. The molecule has 2 aromatic rings. The highest BCUT2D eigenvalue weighted by Gasteiger charge is 2.23. The van der Waals surface area contributed by atoms with E-state index in [0.29, 0.717) is 5.92 Å². The Labute approximate surface area is 124 Å². The van der Waals surface area contributed by atoms with Crippen LogP contribution in [-0.2, 0) is 6.54 Å². The van der Waals surface area contributed by atoms with Crippen LogP contribution < -0.4 is 4.90 Å². The fourth-order valence-corrected chi connectivity index (χ4v) is 2.74. The summed E-state index contributed by atoms with van der Waals surface area (Å²) in [6, 6.07) is 4.23. The van der Waals surface area contributed by atoms with Crippen LogP contribution in [-0.4, -0.2) is 47.2 Å². The molecule has 1 fully saturated rings. The van der Waals surface area contributed by atoms with Crippen LogP contribution in [0.2, 0.25) is 0 Å². The topological polar surface area (TPSA) is 58.3 Å². The van der Waals surface area contributed by atoms with Crippen LogP contribution in [0.3, 0.4) is 0 Å². The zero-order valence-corrected chi connectivity index (χ0v) is 12.6. The smallest absolute Gasteiger partial charge is 0.213 e. The number of likely N-dealkylation sites (tertiary alicyclic amines) is 1.